The van der Waals surface area contributed by atoms with Gasteiger partial charge in [-0.15, -0.1) is 13.2 Å². The molecule has 1 aliphatic rings. The molecule has 2 amide bonds. The first-order valence-corrected chi connectivity index (χ1v) is 11.6. The normalized spacial score (nSPS) is 17.1. The highest BCUT2D eigenvalue weighted by atomic mass is 16.5. The number of nitrogens with zero attached hydrogens (tertiary/aromatic N) is 1. The molecule has 1 heterocycles. The van der Waals surface area contributed by atoms with Gasteiger partial charge in [0.1, 0.15) is 6.61 Å². The highest BCUT2D eigenvalue weighted by molar-refractivity contribution is 5.86. The van der Waals surface area contributed by atoms with Crippen LogP contribution in [0.5, 0.6) is 0 Å². The second-order valence-electron chi connectivity index (χ2n) is 8.33. The zero-order valence-electron chi connectivity index (χ0n) is 19.3. The summed E-state index contributed by atoms with van der Waals surface area (Å²) in [5, 5.41) is 12.5. The fourth-order valence-corrected chi connectivity index (χ4v) is 4.00. The van der Waals surface area contributed by atoms with Crippen LogP contribution in [-0.4, -0.2) is 53.6 Å². The van der Waals surface area contributed by atoms with Gasteiger partial charge in [0, 0.05) is 19.4 Å². The molecule has 1 fully saturated rings. The predicted molar refractivity (Wildman–Crippen MR) is 127 cm³/mol. The van der Waals surface area contributed by atoms with Crippen LogP contribution in [0.1, 0.15) is 56.6 Å². The van der Waals surface area contributed by atoms with Gasteiger partial charge in [-0.3, -0.25) is 14.4 Å². The van der Waals surface area contributed by atoms with E-state index in [0.717, 1.165) is 24.8 Å². The van der Waals surface area contributed by atoms with E-state index >= 15 is 0 Å². The van der Waals surface area contributed by atoms with Gasteiger partial charge >= 0.3 is 5.97 Å². The minimum atomic E-state index is -0.593. The maximum atomic E-state index is 13.1. The molecule has 1 saturated heterocycles. The molecule has 2 N–H and O–H groups in total. The maximum absolute atomic E-state index is 13.1. The quantitative estimate of drug-likeness (QED) is 0.254. The lowest BCUT2D eigenvalue weighted by Crippen LogP contribution is -2.42. The highest BCUT2D eigenvalue weighted by Gasteiger charge is 2.31. The van der Waals surface area contributed by atoms with Crippen molar-refractivity contribution >= 4 is 17.8 Å². The lowest BCUT2D eigenvalue weighted by molar-refractivity contribution is -0.145. The molecule has 180 valence electrons. The molecule has 1 aromatic carbocycles. The molecule has 1 aliphatic heterocycles. The van der Waals surface area contributed by atoms with Crippen LogP contribution in [0.15, 0.2) is 55.6 Å². The van der Waals surface area contributed by atoms with Gasteiger partial charge in [0.05, 0.1) is 24.6 Å². The van der Waals surface area contributed by atoms with Crippen LogP contribution in [0, 0.1) is 5.92 Å². The Labute approximate surface area is 196 Å². The van der Waals surface area contributed by atoms with E-state index in [-0.39, 0.29) is 49.9 Å². The fourth-order valence-electron chi connectivity index (χ4n) is 4.00. The number of ether oxygens (including phenoxy) is 1. The number of carbonyl (C=O) groups excluding carboxylic acids is 3. The fraction of sp³-hybridized carbons (Fsp3) is 0.500. The van der Waals surface area contributed by atoms with Gasteiger partial charge in [0.25, 0.3) is 0 Å². The van der Waals surface area contributed by atoms with Crippen molar-refractivity contribution in [3.8, 4) is 0 Å². The Morgan fingerprint density at radius 1 is 1.21 bits per heavy atom. The van der Waals surface area contributed by atoms with Crippen LogP contribution in [0.4, 0.5) is 0 Å². The zero-order valence-corrected chi connectivity index (χ0v) is 19.3. The third-order valence-electron chi connectivity index (χ3n) is 5.87. The van der Waals surface area contributed by atoms with E-state index in [0.29, 0.717) is 19.4 Å². The van der Waals surface area contributed by atoms with E-state index in [2.05, 4.69) is 18.5 Å². The highest BCUT2D eigenvalue weighted by Crippen LogP contribution is 2.22. The lowest BCUT2D eigenvalue weighted by Gasteiger charge is -2.26. The van der Waals surface area contributed by atoms with Crippen molar-refractivity contribution in [3.63, 3.8) is 0 Å². The van der Waals surface area contributed by atoms with Gasteiger partial charge < -0.3 is 20.1 Å². The summed E-state index contributed by atoms with van der Waals surface area (Å²) in [6.07, 6.45) is 7.08. The van der Waals surface area contributed by atoms with Crippen LogP contribution >= 0.6 is 0 Å². The van der Waals surface area contributed by atoms with Crippen molar-refractivity contribution in [1.82, 2.24) is 10.2 Å². The number of esters is 1. The number of aliphatic hydroxyl groups excluding tert-OH is 1. The molecule has 2 rings (SSSR count). The standard InChI is InChI=1S/C26H36N2O5/c1-3-5-7-15-25(31)33-19-23(20-12-8-6-9-13-20)27-26(32)21(11-4-2)17-24(30)28-16-10-14-22(28)18-29/h3-4,6,8-9,12-13,21-23,29H,1-2,5,7,10-11,14-19H2,(H,27,32)/t21-,22+,23+/m1/s1. The summed E-state index contributed by atoms with van der Waals surface area (Å²) in [5.41, 5.74) is 0.813. The smallest absolute Gasteiger partial charge is 0.305 e. The van der Waals surface area contributed by atoms with Crippen molar-refractivity contribution in [2.24, 2.45) is 5.92 Å². The number of amides is 2. The van der Waals surface area contributed by atoms with Crippen molar-refractivity contribution in [3.05, 3.63) is 61.2 Å². The van der Waals surface area contributed by atoms with Gasteiger partial charge in [0.15, 0.2) is 0 Å². The Morgan fingerprint density at radius 3 is 2.64 bits per heavy atom. The number of benzene rings is 1. The van der Waals surface area contributed by atoms with Gasteiger partial charge in [-0.2, -0.15) is 0 Å². The number of hydrogen-bond acceptors (Lipinski definition) is 5. The summed E-state index contributed by atoms with van der Waals surface area (Å²) >= 11 is 0. The monoisotopic (exact) mass is 456 g/mol. The molecule has 0 bridgehead atoms. The Kier molecular flexibility index (Phi) is 11.4. The molecule has 0 aliphatic carbocycles. The Balaban J connectivity index is 2.04. The maximum Gasteiger partial charge on any atom is 0.305 e. The van der Waals surface area contributed by atoms with E-state index in [1.54, 1.807) is 17.1 Å². The number of unbranched alkanes of at least 4 members (excludes halogenated alkanes) is 1. The number of likely N-dealkylation sites (tertiary alicyclic amines) is 1. The van der Waals surface area contributed by atoms with Crippen LogP contribution in [0.3, 0.4) is 0 Å². The van der Waals surface area contributed by atoms with E-state index in [4.69, 9.17) is 4.74 Å². The third kappa shape index (κ3) is 8.50. The summed E-state index contributed by atoms with van der Waals surface area (Å²) in [6.45, 7) is 7.91. The number of carbonyl (C=O) groups is 3. The number of aliphatic hydroxyl groups is 1. The van der Waals surface area contributed by atoms with Crippen LogP contribution < -0.4 is 5.32 Å². The van der Waals surface area contributed by atoms with Crippen molar-refractivity contribution in [2.75, 3.05) is 19.8 Å². The average Bonchev–Trinajstić information content (AvgIpc) is 3.31. The van der Waals surface area contributed by atoms with Crippen LogP contribution in [0.2, 0.25) is 0 Å². The second kappa shape index (κ2) is 14.3. The number of rotatable bonds is 14. The largest absolute Gasteiger partial charge is 0.463 e. The first-order chi connectivity index (χ1) is 16.0. The Hall–Kier alpha value is -2.93. The van der Waals surface area contributed by atoms with Crippen molar-refractivity contribution in [2.45, 2.75) is 57.0 Å². The molecule has 33 heavy (non-hydrogen) atoms. The summed E-state index contributed by atoms with van der Waals surface area (Å²) in [4.78, 5) is 39.7. The van der Waals surface area contributed by atoms with Gasteiger partial charge in [-0.1, -0.05) is 42.5 Å². The third-order valence-corrected chi connectivity index (χ3v) is 5.87. The molecular formula is C26H36N2O5. The van der Waals surface area contributed by atoms with Gasteiger partial charge in [0.2, 0.25) is 11.8 Å². The average molecular weight is 457 g/mol. The molecule has 0 saturated carbocycles. The minimum Gasteiger partial charge on any atom is -0.463 e. The SMILES string of the molecule is C=CCCCC(=O)OC[C@H](NC(=O)[C@H](CC=C)CC(=O)N1CCC[C@H]1CO)c1ccccc1. The molecular weight excluding hydrogens is 420 g/mol. The predicted octanol–water partition coefficient (Wildman–Crippen LogP) is 3.31. The molecule has 7 heteroatoms. The van der Waals surface area contributed by atoms with E-state index in [9.17, 15) is 19.5 Å². The van der Waals surface area contributed by atoms with Crippen molar-refractivity contribution in [1.29, 1.82) is 0 Å². The van der Waals surface area contributed by atoms with Gasteiger partial charge in [-0.25, -0.2) is 0 Å². The van der Waals surface area contributed by atoms with Crippen LogP contribution in [-0.2, 0) is 19.1 Å². The summed E-state index contributed by atoms with van der Waals surface area (Å²) < 4.78 is 5.43. The minimum absolute atomic E-state index is 0.0101. The van der Waals surface area contributed by atoms with E-state index in [1.165, 1.54) is 0 Å². The summed E-state index contributed by atoms with van der Waals surface area (Å²) in [7, 11) is 0. The lowest BCUT2D eigenvalue weighted by atomic mass is 9.98. The molecule has 7 nitrogen and oxygen atoms in total. The summed E-state index contributed by atoms with van der Waals surface area (Å²) in [5.74, 6) is -1.35. The summed E-state index contributed by atoms with van der Waals surface area (Å²) in [6, 6.07) is 8.60. The van der Waals surface area contributed by atoms with E-state index < -0.39 is 12.0 Å². The molecule has 3 atom stereocenters. The Morgan fingerprint density at radius 2 is 1.97 bits per heavy atom. The molecule has 0 radical (unpaired) electrons. The molecule has 0 spiro atoms. The Bertz CT molecular complexity index is 795. The van der Waals surface area contributed by atoms with Gasteiger partial charge in [-0.05, 0) is 37.7 Å². The molecule has 0 unspecified atom stereocenters. The zero-order chi connectivity index (χ0) is 24.1. The number of hydrogen-bond donors (Lipinski definition) is 2. The number of allylic oxidation sites excluding steroid dienone is 2. The molecule has 0 aromatic heterocycles. The topological polar surface area (TPSA) is 95.9 Å². The molecule has 1 aromatic rings. The first-order valence-electron chi connectivity index (χ1n) is 11.6. The number of nitrogens with one attached hydrogen (secondary N) is 1. The first kappa shape index (κ1) is 26.3. The van der Waals surface area contributed by atoms with Crippen LogP contribution in [0.25, 0.3) is 0 Å². The van der Waals surface area contributed by atoms with Crippen molar-refractivity contribution < 1.29 is 24.2 Å². The second-order valence-corrected chi connectivity index (χ2v) is 8.33. The van der Waals surface area contributed by atoms with E-state index in [1.807, 2.05) is 30.3 Å².